The summed E-state index contributed by atoms with van der Waals surface area (Å²) < 4.78 is 14.2. The maximum Gasteiger partial charge on any atom is 0.262 e. The van der Waals surface area contributed by atoms with E-state index in [9.17, 15) is 14.0 Å². The highest BCUT2D eigenvalue weighted by molar-refractivity contribution is 9.10. The summed E-state index contributed by atoms with van der Waals surface area (Å²) in [4.78, 5) is 33.9. The molecule has 0 aromatic heterocycles. The van der Waals surface area contributed by atoms with Crippen LogP contribution in [0.4, 0.5) is 10.1 Å². The highest BCUT2D eigenvalue weighted by Crippen LogP contribution is 2.47. The number of hydroxylamine groups is 1. The van der Waals surface area contributed by atoms with Crippen molar-refractivity contribution < 1.29 is 18.8 Å². The minimum Gasteiger partial charge on any atom is -0.275 e. The van der Waals surface area contributed by atoms with Crippen LogP contribution >= 0.6 is 15.9 Å². The highest BCUT2D eigenvalue weighted by atomic mass is 79.9. The molecule has 0 spiro atoms. The van der Waals surface area contributed by atoms with Gasteiger partial charge in [-0.2, -0.15) is 0 Å². The third-order valence-electron chi connectivity index (χ3n) is 5.69. The summed E-state index contributed by atoms with van der Waals surface area (Å²) in [6.07, 6.45) is -0.926. The second-order valence-electron chi connectivity index (χ2n) is 7.58. The Morgan fingerprint density at radius 2 is 1.58 bits per heavy atom. The summed E-state index contributed by atoms with van der Waals surface area (Å²) in [6, 6.07) is 22.7. The molecule has 3 aromatic carbocycles. The number of carbonyl (C=O) groups is 2. The number of imide groups is 1. The molecule has 3 atom stereocenters. The Hall–Kier alpha value is -3.03. The lowest BCUT2D eigenvalue weighted by molar-refractivity contribution is -0.143. The predicted octanol–water partition coefficient (Wildman–Crippen LogP) is 4.63. The highest BCUT2D eigenvalue weighted by Gasteiger charge is 2.59. The van der Waals surface area contributed by atoms with E-state index in [0.29, 0.717) is 10.0 Å². The molecule has 156 valence electrons. The van der Waals surface area contributed by atoms with Gasteiger partial charge in [0.2, 0.25) is 5.91 Å². The van der Waals surface area contributed by atoms with Crippen molar-refractivity contribution in [3.05, 3.63) is 100 Å². The van der Waals surface area contributed by atoms with E-state index in [-0.39, 0.29) is 18.4 Å². The second kappa shape index (κ2) is 7.90. The van der Waals surface area contributed by atoms with E-state index in [4.69, 9.17) is 4.84 Å². The topological polar surface area (TPSA) is 49.9 Å². The van der Waals surface area contributed by atoms with Gasteiger partial charge in [-0.15, -0.1) is 0 Å². The van der Waals surface area contributed by atoms with Gasteiger partial charge in [-0.1, -0.05) is 54.6 Å². The van der Waals surface area contributed by atoms with Crippen molar-refractivity contribution >= 4 is 33.4 Å². The van der Waals surface area contributed by atoms with Gasteiger partial charge in [0.25, 0.3) is 5.91 Å². The SMILES string of the molecule is O=C1C2ON(c3ccccc3)C(c3ccc(F)c(Br)c3)C2C(=O)N1Cc1ccccc1. The van der Waals surface area contributed by atoms with E-state index < -0.39 is 23.9 Å². The molecule has 2 fully saturated rings. The van der Waals surface area contributed by atoms with E-state index in [1.54, 1.807) is 17.2 Å². The number of benzene rings is 3. The molecule has 31 heavy (non-hydrogen) atoms. The summed E-state index contributed by atoms with van der Waals surface area (Å²) in [5, 5.41) is 1.60. The minimum absolute atomic E-state index is 0.194. The van der Waals surface area contributed by atoms with Gasteiger partial charge in [0.1, 0.15) is 11.7 Å². The van der Waals surface area contributed by atoms with E-state index in [1.165, 1.54) is 11.0 Å². The van der Waals surface area contributed by atoms with E-state index in [2.05, 4.69) is 15.9 Å². The molecule has 5 nitrogen and oxygen atoms in total. The number of nitrogens with zero attached hydrogens (tertiary/aromatic N) is 2. The largest absolute Gasteiger partial charge is 0.275 e. The maximum atomic E-state index is 13.9. The molecule has 0 radical (unpaired) electrons. The van der Waals surface area contributed by atoms with Crippen LogP contribution in [0.15, 0.2) is 83.3 Å². The van der Waals surface area contributed by atoms with Crippen molar-refractivity contribution in [2.75, 3.05) is 5.06 Å². The van der Waals surface area contributed by atoms with Gasteiger partial charge < -0.3 is 0 Å². The van der Waals surface area contributed by atoms with Crippen LogP contribution in [0, 0.1) is 11.7 Å². The van der Waals surface area contributed by atoms with Crippen LogP contribution in [-0.4, -0.2) is 22.8 Å². The zero-order chi connectivity index (χ0) is 21.5. The first-order chi connectivity index (χ1) is 15.0. The molecule has 2 aliphatic rings. The Kier molecular flexibility index (Phi) is 5.08. The zero-order valence-electron chi connectivity index (χ0n) is 16.3. The zero-order valence-corrected chi connectivity index (χ0v) is 17.9. The number of hydrogen-bond donors (Lipinski definition) is 0. The Bertz CT molecular complexity index is 1140. The summed E-state index contributed by atoms with van der Waals surface area (Å²) in [5.41, 5.74) is 2.27. The van der Waals surface area contributed by atoms with E-state index >= 15 is 0 Å². The van der Waals surface area contributed by atoms with Crippen LogP contribution in [0.1, 0.15) is 17.2 Å². The molecule has 0 aliphatic carbocycles. The number of halogens is 2. The molecular weight excluding hydrogens is 463 g/mol. The summed E-state index contributed by atoms with van der Waals surface area (Å²) in [5.74, 6) is -1.77. The summed E-state index contributed by atoms with van der Waals surface area (Å²) >= 11 is 3.23. The monoisotopic (exact) mass is 480 g/mol. The first kappa shape index (κ1) is 19.9. The number of carbonyl (C=O) groups excluding carboxylic acids is 2. The predicted molar refractivity (Wildman–Crippen MR) is 116 cm³/mol. The molecule has 5 rings (SSSR count). The fourth-order valence-corrected chi connectivity index (χ4v) is 4.62. The number of anilines is 1. The molecule has 0 bridgehead atoms. The summed E-state index contributed by atoms with van der Waals surface area (Å²) in [6.45, 7) is 0.194. The van der Waals surface area contributed by atoms with Crippen LogP contribution in [-0.2, 0) is 21.0 Å². The average molecular weight is 481 g/mol. The fourth-order valence-electron chi connectivity index (χ4n) is 4.23. The van der Waals surface area contributed by atoms with E-state index in [1.807, 2.05) is 60.7 Å². The minimum atomic E-state index is -0.926. The van der Waals surface area contributed by atoms with Crippen molar-refractivity contribution in [3.8, 4) is 0 Å². The van der Waals surface area contributed by atoms with Crippen molar-refractivity contribution in [3.63, 3.8) is 0 Å². The molecule has 0 saturated carbocycles. The quantitative estimate of drug-likeness (QED) is 0.510. The first-order valence-electron chi connectivity index (χ1n) is 9.90. The van der Waals surface area contributed by atoms with Crippen molar-refractivity contribution in [1.82, 2.24) is 4.90 Å². The lowest BCUT2D eigenvalue weighted by Crippen LogP contribution is -2.36. The van der Waals surface area contributed by atoms with Crippen LogP contribution < -0.4 is 5.06 Å². The normalized spacial score (nSPS) is 22.8. The lowest BCUT2D eigenvalue weighted by Gasteiger charge is -2.29. The third-order valence-corrected chi connectivity index (χ3v) is 6.29. The molecule has 2 aliphatic heterocycles. The van der Waals surface area contributed by atoms with E-state index in [0.717, 1.165) is 11.3 Å². The van der Waals surface area contributed by atoms with Gasteiger partial charge in [0.15, 0.2) is 6.10 Å². The Morgan fingerprint density at radius 1 is 0.903 bits per heavy atom. The van der Waals surface area contributed by atoms with Gasteiger partial charge in [0.05, 0.1) is 22.7 Å². The van der Waals surface area contributed by atoms with Crippen LogP contribution in [0.2, 0.25) is 0 Å². The molecule has 7 heteroatoms. The van der Waals surface area contributed by atoms with Gasteiger partial charge >= 0.3 is 0 Å². The standard InChI is InChI=1S/C24H18BrFN2O3/c25-18-13-16(11-12-19(18)26)21-20-22(31-28(21)17-9-5-2-6-10-17)24(30)27(23(20)29)14-15-7-3-1-4-8-15/h1-13,20-22H,14H2. The summed E-state index contributed by atoms with van der Waals surface area (Å²) in [7, 11) is 0. The molecular formula is C24H18BrFN2O3. The van der Waals surface area contributed by atoms with Crippen molar-refractivity contribution in [2.24, 2.45) is 5.92 Å². The smallest absolute Gasteiger partial charge is 0.262 e. The molecule has 3 aromatic rings. The van der Waals surface area contributed by atoms with Crippen molar-refractivity contribution in [2.45, 2.75) is 18.7 Å². The first-order valence-corrected chi connectivity index (χ1v) is 10.7. The average Bonchev–Trinajstić information content (AvgIpc) is 3.29. The maximum absolute atomic E-state index is 13.9. The van der Waals surface area contributed by atoms with Crippen LogP contribution in [0.3, 0.4) is 0 Å². The number of rotatable bonds is 4. The number of amides is 2. The molecule has 2 heterocycles. The number of likely N-dealkylation sites (tertiary alicyclic amines) is 1. The third kappa shape index (κ3) is 3.43. The van der Waals surface area contributed by atoms with Crippen molar-refractivity contribution in [1.29, 1.82) is 0 Å². The Balaban J connectivity index is 1.54. The Morgan fingerprint density at radius 3 is 2.26 bits per heavy atom. The number of fused-ring (bicyclic) bond motifs is 1. The lowest BCUT2D eigenvalue weighted by atomic mass is 9.90. The van der Waals surface area contributed by atoms with Gasteiger partial charge in [-0.25, -0.2) is 9.45 Å². The second-order valence-corrected chi connectivity index (χ2v) is 8.43. The molecule has 3 unspecified atom stereocenters. The Labute approximate surface area is 187 Å². The van der Waals surface area contributed by atoms with Gasteiger partial charge in [-0.3, -0.25) is 19.3 Å². The number of hydrogen-bond acceptors (Lipinski definition) is 4. The molecule has 0 N–H and O–H groups in total. The van der Waals surface area contributed by atoms with Crippen LogP contribution in [0.25, 0.3) is 0 Å². The number of para-hydroxylation sites is 1. The van der Waals surface area contributed by atoms with Crippen LogP contribution in [0.5, 0.6) is 0 Å². The molecule has 2 saturated heterocycles. The van der Waals surface area contributed by atoms with Gasteiger partial charge in [-0.05, 0) is 51.3 Å². The van der Waals surface area contributed by atoms with Gasteiger partial charge in [0, 0.05) is 0 Å². The fraction of sp³-hybridized carbons (Fsp3) is 0.167. The molecule has 2 amide bonds.